The summed E-state index contributed by atoms with van der Waals surface area (Å²) in [4.78, 5) is 22.9. The standard InChI is InChI=1S/C16H20N4O2/c1-12-10-17-7-6-13(12)9-15(21)20-8-4-2-3-5-14(20)16-18-11-22-19-16/h6-7,10-11,14H,2-5,8-9H2,1H3/t14-/m1/s1. The van der Waals surface area contributed by atoms with Gasteiger partial charge in [0.05, 0.1) is 12.5 Å². The zero-order chi connectivity index (χ0) is 15.4. The summed E-state index contributed by atoms with van der Waals surface area (Å²) in [6.45, 7) is 2.73. The minimum absolute atomic E-state index is 0.0732. The fraction of sp³-hybridized carbons (Fsp3) is 0.500. The van der Waals surface area contributed by atoms with Crippen LogP contribution < -0.4 is 0 Å². The van der Waals surface area contributed by atoms with Gasteiger partial charge in [0.1, 0.15) is 0 Å². The number of rotatable bonds is 3. The Labute approximate surface area is 129 Å². The first kappa shape index (κ1) is 14.7. The minimum atomic E-state index is -0.0732. The van der Waals surface area contributed by atoms with Crippen LogP contribution >= 0.6 is 0 Å². The highest BCUT2D eigenvalue weighted by Crippen LogP contribution is 2.28. The van der Waals surface area contributed by atoms with Gasteiger partial charge < -0.3 is 9.42 Å². The highest BCUT2D eigenvalue weighted by Gasteiger charge is 2.29. The molecule has 1 fully saturated rings. The van der Waals surface area contributed by atoms with Gasteiger partial charge in [0.2, 0.25) is 12.3 Å². The van der Waals surface area contributed by atoms with Crippen LogP contribution in [-0.4, -0.2) is 32.5 Å². The lowest BCUT2D eigenvalue weighted by Crippen LogP contribution is -2.36. The molecule has 6 nitrogen and oxygen atoms in total. The van der Waals surface area contributed by atoms with Crippen molar-refractivity contribution in [1.29, 1.82) is 0 Å². The first-order valence-corrected chi connectivity index (χ1v) is 7.71. The fourth-order valence-corrected chi connectivity index (χ4v) is 2.97. The van der Waals surface area contributed by atoms with Crippen LogP contribution in [-0.2, 0) is 11.2 Å². The van der Waals surface area contributed by atoms with E-state index in [1.165, 1.54) is 6.39 Å². The molecule has 1 aliphatic heterocycles. The second kappa shape index (κ2) is 6.68. The molecule has 0 aromatic carbocycles. The highest BCUT2D eigenvalue weighted by atomic mass is 16.5. The SMILES string of the molecule is Cc1cnccc1CC(=O)N1CCCCC[C@@H]1c1ncon1. The van der Waals surface area contributed by atoms with Gasteiger partial charge in [0.15, 0.2) is 5.82 Å². The summed E-state index contributed by atoms with van der Waals surface area (Å²) in [5, 5.41) is 3.95. The number of pyridine rings is 1. The topological polar surface area (TPSA) is 72.1 Å². The monoisotopic (exact) mass is 300 g/mol. The molecule has 116 valence electrons. The minimum Gasteiger partial charge on any atom is -0.343 e. The van der Waals surface area contributed by atoms with Gasteiger partial charge in [-0.05, 0) is 37.0 Å². The van der Waals surface area contributed by atoms with Crippen molar-refractivity contribution >= 4 is 5.91 Å². The number of carbonyl (C=O) groups is 1. The number of amides is 1. The van der Waals surface area contributed by atoms with E-state index in [4.69, 9.17) is 4.52 Å². The van der Waals surface area contributed by atoms with Gasteiger partial charge in [-0.15, -0.1) is 0 Å². The highest BCUT2D eigenvalue weighted by molar-refractivity contribution is 5.79. The van der Waals surface area contributed by atoms with Crippen LogP contribution in [0.1, 0.15) is 48.7 Å². The van der Waals surface area contributed by atoms with E-state index < -0.39 is 0 Å². The fourth-order valence-electron chi connectivity index (χ4n) is 2.97. The first-order chi connectivity index (χ1) is 10.8. The number of hydrogen-bond donors (Lipinski definition) is 0. The van der Waals surface area contributed by atoms with Crippen molar-refractivity contribution in [3.8, 4) is 0 Å². The molecular weight excluding hydrogens is 280 g/mol. The van der Waals surface area contributed by atoms with Crippen LogP contribution in [0.3, 0.4) is 0 Å². The lowest BCUT2D eigenvalue weighted by molar-refractivity contribution is -0.133. The lowest BCUT2D eigenvalue weighted by atomic mass is 10.1. The van der Waals surface area contributed by atoms with Gasteiger partial charge in [-0.1, -0.05) is 18.0 Å². The van der Waals surface area contributed by atoms with Gasteiger partial charge in [-0.2, -0.15) is 4.98 Å². The van der Waals surface area contributed by atoms with Gasteiger partial charge in [0, 0.05) is 18.9 Å². The molecule has 0 spiro atoms. The summed E-state index contributed by atoms with van der Waals surface area (Å²) in [5.41, 5.74) is 2.07. The Morgan fingerprint density at radius 2 is 2.32 bits per heavy atom. The molecule has 0 bridgehead atoms. The summed E-state index contributed by atoms with van der Waals surface area (Å²) < 4.78 is 4.87. The van der Waals surface area contributed by atoms with E-state index in [9.17, 15) is 4.79 Å². The third-order valence-electron chi connectivity index (χ3n) is 4.23. The molecule has 2 aromatic rings. The quantitative estimate of drug-likeness (QED) is 0.870. The van der Waals surface area contributed by atoms with Gasteiger partial charge in [0.25, 0.3) is 0 Å². The number of hydrogen-bond acceptors (Lipinski definition) is 5. The van der Waals surface area contributed by atoms with Crippen molar-refractivity contribution in [2.75, 3.05) is 6.54 Å². The van der Waals surface area contributed by atoms with Crippen molar-refractivity contribution in [3.05, 3.63) is 41.8 Å². The van der Waals surface area contributed by atoms with E-state index in [1.54, 1.807) is 12.4 Å². The molecule has 0 N–H and O–H groups in total. The molecular formula is C16H20N4O2. The number of aromatic nitrogens is 3. The molecule has 1 aliphatic rings. The largest absolute Gasteiger partial charge is 0.343 e. The maximum atomic E-state index is 12.8. The third-order valence-corrected chi connectivity index (χ3v) is 4.23. The summed E-state index contributed by atoms with van der Waals surface area (Å²) in [5.74, 6) is 0.729. The lowest BCUT2D eigenvalue weighted by Gasteiger charge is -2.28. The molecule has 3 rings (SSSR count). The predicted molar refractivity (Wildman–Crippen MR) is 79.9 cm³/mol. The molecule has 1 amide bonds. The Balaban J connectivity index is 1.80. The van der Waals surface area contributed by atoms with Crippen molar-refractivity contribution in [2.45, 2.75) is 45.1 Å². The average Bonchev–Trinajstić information content (AvgIpc) is 2.94. The molecule has 6 heteroatoms. The Morgan fingerprint density at radius 3 is 3.09 bits per heavy atom. The summed E-state index contributed by atoms with van der Waals surface area (Å²) in [6.07, 6.45) is 9.37. The van der Waals surface area contributed by atoms with E-state index in [0.29, 0.717) is 12.2 Å². The first-order valence-electron chi connectivity index (χ1n) is 7.71. The van der Waals surface area contributed by atoms with Crippen LogP contribution in [0.25, 0.3) is 0 Å². The molecule has 0 unspecified atom stereocenters. The molecule has 2 aromatic heterocycles. The smallest absolute Gasteiger partial charge is 0.227 e. The number of nitrogens with zero attached hydrogens (tertiary/aromatic N) is 4. The zero-order valence-corrected chi connectivity index (χ0v) is 12.7. The van der Waals surface area contributed by atoms with Gasteiger partial charge in [-0.25, -0.2) is 0 Å². The van der Waals surface area contributed by atoms with Gasteiger partial charge in [-0.3, -0.25) is 9.78 Å². The summed E-state index contributed by atoms with van der Waals surface area (Å²) >= 11 is 0. The van der Waals surface area contributed by atoms with Crippen LogP contribution in [0, 0.1) is 6.92 Å². The Bertz CT molecular complexity index is 627. The van der Waals surface area contributed by atoms with Crippen LogP contribution in [0.15, 0.2) is 29.4 Å². The Kier molecular flexibility index (Phi) is 4.46. The maximum Gasteiger partial charge on any atom is 0.227 e. The number of aryl methyl sites for hydroxylation is 1. The van der Waals surface area contributed by atoms with E-state index in [1.807, 2.05) is 17.9 Å². The van der Waals surface area contributed by atoms with Gasteiger partial charge >= 0.3 is 0 Å². The summed E-state index contributed by atoms with van der Waals surface area (Å²) in [7, 11) is 0. The Morgan fingerprint density at radius 1 is 1.41 bits per heavy atom. The zero-order valence-electron chi connectivity index (χ0n) is 12.7. The van der Waals surface area contributed by atoms with Crippen LogP contribution in [0.4, 0.5) is 0 Å². The molecule has 3 heterocycles. The van der Waals surface area contributed by atoms with Crippen LogP contribution in [0.5, 0.6) is 0 Å². The molecule has 0 saturated carbocycles. The van der Waals surface area contributed by atoms with E-state index in [2.05, 4.69) is 15.1 Å². The average molecular weight is 300 g/mol. The van der Waals surface area contributed by atoms with E-state index >= 15 is 0 Å². The van der Waals surface area contributed by atoms with E-state index in [-0.39, 0.29) is 11.9 Å². The van der Waals surface area contributed by atoms with Crippen molar-refractivity contribution in [3.63, 3.8) is 0 Å². The second-order valence-electron chi connectivity index (χ2n) is 5.72. The molecule has 0 aliphatic carbocycles. The normalized spacial score (nSPS) is 19.0. The molecule has 0 radical (unpaired) electrons. The summed E-state index contributed by atoms with van der Waals surface area (Å²) in [6, 6.07) is 1.84. The Hall–Kier alpha value is -2.24. The molecule has 22 heavy (non-hydrogen) atoms. The molecule has 1 atom stereocenters. The van der Waals surface area contributed by atoms with Crippen LogP contribution in [0.2, 0.25) is 0 Å². The second-order valence-corrected chi connectivity index (χ2v) is 5.72. The number of carbonyl (C=O) groups excluding carboxylic acids is 1. The third kappa shape index (κ3) is 3.16. The number of likely N-dealkylation sites (tertiary alicyclic amines) is 1. The van der Waals surface area contributed by atoms with Crippen molar-refractivity contribution < 1.29 is 9.32 Å². The van der Waals surface area contributed by atoms with Crippen molar-refractivity contribution in [1.82, 2.24) is 20.0 Å². The van der Waals surface area contributed by atoms with Crippen molar-refractivity contribution in [2.24, 2.45) is 0 Å². The maximum absolute atomic E-state index is 12.8. The van der Waals surface area contributed by atoms with E-state index in [0.717, 1.165) is 43.4 Å². The molecule has 1 saturated heterocycles. The predicted octanol–water partition coefficient (Wildman–Crippen LogP) is 2.46.